The molecule has 1 rings (SSSR count). The minimum Gasteiger partial charge on any atom is -0.332 e. The summed E-state index contributed by atoms with van der Waals surface area (Å²) in [5, 5.41) is 0. The summed E-state index contributed by atoms with van der Waals surface area (Å²) >= 11 is 0. The second kappa shape index (κ2) is 8.31. The predicted octanol–water partition coefficient (Wildman–Crippen LogP) is 4.47. The highest BCUT2D eigenvalue weighted by Crippen LogP contribution is 2.32. The molecule has 0 bridgehead atoms. The molecule has 0 spiro atoms. The van der Waals surface area contributed by atoms with Crippen LogP contribution in [0.2, 0.25) is 0 Å². The van der Waals surface area contributed by atoms with Gasteiger partial charge < -0.3 is 4.90 Å². The number of rotatable bonds is 2. The molecule has 1 nitrogen and oxygen atoms in total. The molecule has 0 radical (unpaired) electrons. The van der Waals surface area contributed by atoms with Crippen molar-refractivity contribution in [3.05, 3.63) is 47.5 Å². The van der Waals surface area contributed by atoms with E-state index in [0.29, 0.717) is 12.1 Å². The molecule has 0 aliphatic carbocycles. The van der Waals surface area contributed by atoms with Gasteiger partial charge in [-0.1, -0.05) is 31.6 Å². The van der Waals surface area contributed by atoms with Crippen LogP contribution in [-0.4, -0.2) is 18.5 Å². The molecular weight excluding hydrogens is 263 g/mol. The summed E-state index contributed by atoms with van der Waals surface area (Å²) in [6.45, 7) is 9.66. The van der Waals surface area contributed by atoms with Crippen LogP contribution in [0.25, 0.3) is 0 Å². The van der Waals surface area contributed by atoms with E-state index in [2.05, 4.69) is 18.5 Å². The number of likely N-dealkylation sites (N-methyl/N-ethyl adjacent to an activating group) is 1. The number of hydrogen-bond donors (Lipinski definition) is 0. The molecule has 0 saturated heterocycles. The number of nitrogens with zero attached hydrogens (tertiary/aromatic N) is 1. The van der Waals surface area contributed by atoms with Crippen LogP contribution in [0.4, 0.5) is 13.2 Å². The lowest BCUT2D eigenvalue weighted by Crippen LogP contribution is -2.11. The Morgan fingerprint density at radius 2 is 1.90 bits per heavy atom. The summed E-state index contributed by atoms with van der Waals surface area (Å²) in [7, 11) is 1.69. The fraction of sp³-hybridized carbons (Fsp3) is 0.375. The van der Waals surface area contributed by atoms with E-state index in [9.17, 15) is 13.2 Å². The van der Waals surface area contributed by atoms with Crippen LogP contribution >= 0.6 is 0 Å². The van der Waals surface area contributed by atoms with Crippen molar-refractivity contribution in [2.75, 3.05) is 13.6 Å². The molecule has 1 aromatic rings. The van der Waals surface area contributed by atoms with Gasteiger partial charge in [0.25, 0.3) is 0 Å². The number of aryl methyl sites for hydroxylation is 1. The largest absolute Gasteiger partial charge is 0.417 e. The molecule has 0 saturated carbocycles. The zero-order chi connectivity index (χ0) is 15.8. The number of alkyl halides is 3. The Morgan fingerprint density at radius 1 is 1.30 bits per heavy atom. The molecule has 0 atom stereocenters. The number of halogens is 3. The first-order chi connectivity index (χ1) is 9.34. The summed E-state index contributed by atoms with van der Waals surface area (Å²) in [6, 6.07) is 6.77. The monoisotopic (exact) mass is 283 g/mol. The highest BCUT2D eigenvalue weighted by molar-refractivity contribution is 5.44. The average Bonchev–Trinajstić information content (AvgIpc) is 2.39. The van der Waals surface area contributed by atoms with Gasteiger partial charge in [-0.15, -0.1) is 6.58 Å². The van der Waals surface area contributed by atoms with E-state index in [1.54, 1.807) is 31.0 Å². The van der Waals surface area contributed by atoms with Gasteiger partial charge in [-0.05, 0) is 25.0 Å². The fourth-order valence-corrected chi connectivity index (χ4v) is 1.40. The highest BCUT2D eigenvalue weighted by atomic mass is 19.4. The minimum absolute atomic E-state index is 0.0102. The molecule has 0 aliphatic rings. The zero-order valence-electron chi connectivity index (χ0n) is 12.3. The van der Waals surface area contributed by atoms with Crippen LogP contribution in [-0.2, 0) is 6.18 Å². The van der Waals surface area contributed by atoms with Crippen LogP contribution in [0.15, 0.2) is 30.9 Å². The van der Waals surface area contributed by atoms with Gasteiger partial charge in [-0.25, -0.2) is 0 Å². The first-order valence-electron chi connectivity index (χ1n) is 6.36. The molecule has 1 aromatic carbocycles. The van der Waals surface area contributed by atoms with Crippen LogP contribution in [0.5, 0.6) is 0 Å². The molecule has 0 unspecified atom stereocenters. The van der Waals surface area contributed by atoms with Crippen molar-refractivity contribution in [3.8, 4) is 12.0 Å². The standard InChI is InChI=1S/C14H14F3N.C2H6/c1-4-8-18(3)9-7-12-6-5-11(2)10-13(12)14(15,16)17;1-2/h4-6,10H,1,8H2,2-3H3;1-2H3. The molecule has 4 heteroatoms. The third kappa shape index (κ3) is 5.83. The zero-order valence-corrected chi connectivity index (χ0v) is 12.3. The molecule has 0 fully saturated rings. The van der Waals surface area contributed by atoms with Crippen LogP contribution < -0.4 is 0 Å². The maximum Gasteiger partial charge on any atom is 0.417 e. The SMILES string of the molecule is C=CCN(C)C#Cc1ccc(C)cc1C(F)(F)F.CC. The molecule has 0 aliphatic heterocycles. The second-order valence-electron chi connectivity index (χ2n) is 3.95. The Hall–Kier alpha value is -1.89. The van der Waals surface area contributed by atoms with Crippen molar-refractivity contribution in [2.24, 2.45) is 0 Å². The van der Waals surface area contributed by atoms with Crippen molar-refractivity contribution in [1.29, 1.82) is 0 Å². The van der Waals surface area contributed by atoms with E-state index in [1.165, 1.54) is 6.07 Å². The topological polar surface area (TPSA) is 3.24 Å². The Bertz CT molecular complexity index is 493. The third-order valence-corrected chi connectivity index (χ3v) is 2.26. The Balaban J connectivity index is 0.00000172. The van der Waals surface area contributed by atoms with Crippen molar-refractivity contribution < 1.29 is 13.2 Å². The molecule has 20 heavy (non-hydrogen) atoms. The lowest BCUT2D eigenvalue weighted by Gasteiger charge is -2.10. The fourth-order valence-electron chi connectivity index (χ4n) is 1.40. The van der Waals surface area contributed by atoms with Crippen molar-refractivity contribution >= 4 is 0 Å². The quantitative estimate of drug-likeness (QED) is 0.440. The van der Waals surface area contributed by atoms with E-state index in [1.807, 2.05) is 13.8 Å². The van der Waals surface area contributed by atoms with Crippen LogP contribution in [0, 0.1) is 18.9 Å². The normalized spacial score (nSPS) is 9.75. The van der Waals surface area contributed by atoms with Gasteiger partial charge in [0.15, 0.2) is 0 Å². The van der Waals surface area contributed by atoms with Gasteiger partial charge in [0.1, 0.15) is 0 Å². The van der Waals surface area contributed by atoms with E-state index < -0.39 is 11.7 Å². The van der Waals surface area contributed by atoms with Crippen molar-refractivity contribution in [1.82, 2.24) is 4.90 Å². The molecule has 0 heterocycles. The van der Waals surface area contributed by atoms with Gasteiger partial charge in [-0.2, -0.15) is 13.2 Å². The maximum atomic E-state index is 12.8. The van der Waals surface area contributed by atoms with Crippen molar-refractivity contribution in [2.45, 2.75) is 26.9 Å². The van der Waals surface area contributed by atoms with Gasteiger partial charge in [-0.3, -0.25) is 0 Å². The molecule has 0 N–H and O–H groups in total. The Kier molecular flexibility index (Phi) is 7.53. The Morgan fingerprint density at radius 3 is 2.40 bits per heavy atom. The van der Waals surface area contributed by atoms with E-state index in [4.69, 9.17) is 0 Å². The van der Waals surface area contributed by atoms with Crippen molar-refractivity contribution in [3.63, 3.8) is 0 Å². The highest BCUT2D eigenvalue weighted by Gasteiger charge is 2.33. The summed E-state index contributed by atoms with van der Waals surface area (Å²) in [4.78, 5) is 1.58. The Labute approximate surface area is 119 Å². The lowest BCUT2D eigenvalue weighted by atomic mass is 10.0. The van der Waals surface area contributed by atoms with Gasteiger partial charge in [0, 0.05) is 25.2 Å². The van der Waals surface area contributed by atoms with Gasteiger partial charge >= 0.3 is 6.18 Å². The smallest absolute Gasteiger partial charge is 0.332 e. The van der Waals surface area contributed by atoms with E-state index >= 15 is 0 Å². The molecular formula is C16H20F3N. The minimum atomic E-state index is -4.38. The molecule has 0 amide bonds. The summed E-state index contributed by atoms with van der Waals surface area (Å²) in [5.74, 6) is 2.54. The maximum absolute atomic E-state index is 12.8. The van der Waals surface area contributed by atoms with Gasteiger partial charge in [0.05, 0.1) is 5.56 Å². The van der Waals surface area contributed by atoms with Crippen LogP contribution in [0.3, 0.4) is 0 Å². The predicted molar refractivity (Wildman–Crippen MR) is 77.2 cm³/mol. The van der Waals surface area contributed by atoms with E-state index in [-0.39, 0.29) is 5.56 Å². The first-order valence-corrected chi connectivity index (χ1v) is 6.36. The first kappa shape index (κ1) is 18.1. The summed E-state index contributed by atoms with van der Waals surface area (Å²) < 4.78 is 38.4. The lowest BCUT2D eigenvalue weighted by molar-refractivity contribution is -0.137. The average molecular weight is 283 g/mol. The van der Waals surface area contributed by atoms with Crippen LogP contribution in [0.1, 0.15) is 30.5 Å². The van der Waals surface area contributed by atoms with E-state index in [0.717, 1.165) is 6.07 Å². The number of benzene rings is 1. The number of hydrogen-bond acceptors (Lipinski definition) is 1. The second-order valence-corrected chi connectivity index (χ2v) is 3.95. The van der Waals surface area contributed by atoms with Gasteiger partial charge in [0.2, 0.25) is 0 Å². The summed E-state index contributed by atoms with van der Waals surface area (Å²) in [5.41, 5.74) is -0.140. The molecule has 110 valence electrons. The third-order valence-electron chi connectivity index (χ3n) is 2.26. The summed E-state index contributed by atoms with van der Waals surface area (Å²) in [6.07, 6.45) is -2.75. The molecule has 0 aromatic heterocycles.